The summed E-state index contributed by atoms with van der Waals surface area (Å²) < 4.78 is 5.17. The van der Waals surface area contributed by atoms with Crippen LogP contribution in [-0.2, 0) is 0 Å². The van der Waals surface area contributed by atoms with E-state index in [1.165, 1.54) is 0 Å². The molecule has 3 heteroatoms. The van der Waals surface area contributed by atoms with E-state index in [2.05, 4.69) is 17.3 Å². The van der Waals surface area contributed by atoms with Gasteiger partial charge in [0.1, 0.15) is 5.76 Å². The van der Waals surface area contributed by atoms with Gasteiger partial charge in [-0.3, -0.25) is 0 Å². The van der Waals surface area contributed by atoms with Crippen molar-refractivity contribution < 1.29 is 4.52 Å². The second-order valence-corrected chi connectivity index (χ2v) is 4.11. The van der Waals surface area contributed by atoms with Crippen LogP contribution in [0.2, 0.25) is 0 Å². The second-order valence-electron chi connectivity index (χ2n) is 4.11. The van der Waals surface area contributed by atoms with E-state index in [-0.39, 0.29) is 6.04 Å². The fraction of sp³-hybridized carbons (Fsp3) is 0.308. The number of benzene rings is 1. The smallest absolute Gasteiger partial charge is 0.141 e. The third-order valence-corrected chi connectivity index (χ3v) is 2.73. The molecule has 2 rings (SSSR count). The van der Waals surface area contributed by atoms with Gasteiger partial charge >= 0.3 is 0 Å². The number of aromatic nitrogens is 1. The summed E-state index contributed by atoms with van der Waals surface area (Å²) >= 11 is 0. The Hall–Kier alpha value is -1.61. The number of nitrogens with zero attached hydrogens (tertiary/aromatic N) is 1. The zero-order valence-corrected chi connectivity index (χ0v) is 9.82. The van der Waals surface area contributed by atoms with Crippen LogP contribution >= 0.6 is 0 Å². The van der Waals surface area contributed by atoms with E-state index >= 15 is 0 Å². The minimum Gasteiger partial charge on any atom is -0.361 e. The van der Waals surface area contributed by atoms with Crippen LogP contribution in [0.4, 0.5) is 0 Å². The molecule has 1 heterocycles. The minimum absolute atomic E-state index is 0.0421. The van der Waals surface area contributed by atoms with Gasteiger partial charge in [-0.2, -0.15) is 0 Å². The summed E-state index contributed by atoms with van der Waals surface area (Å²) in [6.45, 7) is 5.85. The molecule has 1 aromatic carbocycles. The van der Waals surface area contributed by atoms with Gasteiger partial charge in [0.2, 0.25) is 0 Å². The predicted octanol–water partition coefficient (Wildman–Crippen LogP) is 2.98. The lowest BCUT2D eigenvalue weighted by Gasteiger charge is -2.07. The molecule has 0 aliphatic rings. The Labute approximate surface area is 95.3 Å². The van der Waals surface area contributed by atoms with Gasteiger partial charge in [-0.05, 0) is 38.0 Å². The van der Waals surface area contributed by atoms with Gasteiger partial charge in [0.05, 0.1) is 5.69 Å². The first kappa shape index (κ1) is 10.9. The first-order valence-electron chi connectivity index (χ1n) is 5.38. The number of aryl methyl sites for hydroxylation is 2. The van der Waals surface area contributed by atoms with E-state index in [1.54, 1.807) is 0 Å². The Kier molecular flexibility index (Phi) is 2.79. The van der Waals surface area contributed by atoms with Crippen LogP contribution < -0.4 is 5.73 Å². The van der Waals surface area contributed by atoms with Crippen LogP contribution in [0.3, 0.4) is 0 Å². The van der Waals surface area contributed by atoms with E-state index in [4.69, 9.17) is 10.3 Å². The molecule has 3 nitrogen and oxygen atoms in total. The molecule has 0 saturated carbocycles. The van der Waals surface area contributed by atoms with Gasteiger partial charge in [0.25, 0.3) is 0 Å². The lowest BCUT2D eigenvalue weighted by molar-refractivity contribution is 0.393. The highest BCUT2D eigenvalue weighted by Gasteiger charge is 2.12. The third kappa shape index (κ3) is 1.86. The summed E-state index contributed by atoms with van der Waals surface area (Å²) in [4.78, 5) is 0. The minimum atomic E-state index is 0.0421. The maximum Gasteiger partial charge on any atom is 0.141 e. The van der Waals surface area contributed by atoms with E-state index < -0.39 is 0 Å². The van der Waals surface area contributed by atoms with Crippen molar-refractivity contribution in [2.75, 3.05) is 0 Å². The van der Waals surface area contributed by atoms with Crippen molar-refractivity contribution in [1.29, 1.82) is 0 Å². The summed E-state index contributed by atoms with van der Waals surface area (Å²) in [6.07, 6.45) is 0. The van der Waals surface area contributed by atoms with E-state index in [9.17, 15) is 0 Å². The highest BCUT2D eigenvalue weighted by Crippen LogP contribution is 2.28. The fourth-order valence-corrected chi connectivity index (χ4v) is 1.87. The van der Waals surface area contributed by atoms with Crippen molar-refractivity contribution in [2.24, 2.45) is 5.73 Å². The normalized spacial score (nSPS) is 12.8. The number of nitrogens with two attached hydrogens (primary N) is 1. The molecule has 2 aromatic rings. The monoisotopic (exact) mass is 216 g/mol. The molecule has 0 bridgehead atoms. The molecule has 1 atom stereocenters. The zero-order valence-electron chi connectivity index (χ0n) is 9.82. The molecule has 0 aliphatic heterocycles. The Bertz CT molecular complexity index is 481. The molecule has 0 fully saturated rings. The van der Waals surface area contributed by atoms with Crippen molar-refractivity contribution in [2.45, 2.75) is 26.8 Å². The van der Waals surface area contributed by atoms with Crippen molar-refractivity contribution >= 4 is 0 Å². The molecule has 0 saturated heterocycles. The number of hydrogen-bond acceptors (Lipinski definition) is 3. The third-order valence-electron chi connectivity index (χ3n) is 2.73. The van der Waals surface area contributed by atoms with Crippen molar-refractivity contribution in [3.05, 3.63) is 41.3 Å². The lowest BCUT2D eigenvalue weighted by atomic mass is 9.99. The molecule has 0 radical (unpaired) electrons. The van der Waals surface area contributed by atoms with Crippen LogP contribution in [0, 0.1) is 13.8 Å². The summed E-state index contributed by atoms with van der Waals surface area (Å²) in [7, 11) is 0. The Morgan fingerprint density at radius 3 is 2.62 bits per heavy atom. The average molecular weight is 216 g/mol. The second kappa shape index (κ2) is 4.10. The molecule has 0 amide bonds. The van der Waals surface area contributed by atoms with Gasteiger partial charge in [-0.15, -0.1) is 0 Å². The van der Waals surface area contributed by atoms with Crippen LogP contribution in [0.5, 0.6) is 0 Å². The molecular formula is C13H16N2O. The van der Waals surface area contributed by atoms with Gasteiger partial charge in [-0.1, -0.05) is 23.4 Å². The summed E-state index contributed by atoms with van der Waals surface area (Å²) in [5.41, 5.74) is 10.1. The highest BCUT2D eigenvalue weighted by atomic mass is 16.5. The van der Waals surface area contributed by atoms with E-state index in [0.717, 1.165) is 28.1 Å². The van der Waals surface area contributed by atoms with Crippen molar-refractivity contribution in [3.63, 3.8) is 0 Å². The standard InChI is InChI=1S/C13H16N2O/c1-8(14)11-5-4-6-12(7-11)13-9(2)15-16-10(13)3/h4-8H,14H2,1-3H3. The highest BCUT2D eigenvalue weighted by molar-refractivity contribution is 5.68. The Morgan fingerprint density at radius 2 is 2.06 bits per heavy atom. The van der Waals surface area contributed by atoms with Crippen LogP contribution in [0.25, 0.3) is 11.1 Å². The maximum absolute atomic E-state index is 5.87. The van der Waals surface area contributed by atoms with E-state index in [1.807, 2.05) is 32.9 Å². The Morgan fingerprint density at radius 1 is 1.31 bits per heavy atom. The summed E-state index contributed by atoms with van der Waals surface area (Å²) in [5, 5.41) is 3.96. The van der Waals surface area contributed by atoms with Crippen LogP contribution in [-0.4, -0.2) is 5.16 Å². The number of rotatable bonds is 2. The molecule has 1 unspecified atom stereocenters. The summed E-state index contributed by atoms with van der Waals surface area (Å²) in [6, 6.07) is 8.24. The van der Waals surface area contributed by atoms with Crippen molar-refractivity contribution in [3.8, 4) is 11.1 Å². The molecule has 0 spiro atoms. The SMILES string of the molecule is Cc1noc(C)c1-c1cccc(C(C)N)c1. The molecule has 16 heavy (non-hydrogen) atoms. The first-order chi connectivity index (χ1) is 7.59. The Balaban J connectivity index is 2.52. The van der Waals surface area contributed by atoms with Gasteiger partial charge in [0, 0.05) is 11.6 Å². The van der Waals surface area contributed by atoms with Gasteiger partial charge in [-0.25, -0.2) is 0 Å². The molecular weight excluding hydrogens is 200 g/mol. The molecule has 84 valence electrons. The topological polar surface area (TPSA) is 52.0 Å². The van der Waals surface area contributed by atoms with Crippen LogP contribution in [0.15, 0.2) is 28.8 Å². The predicted molar refractivity (Wildman–Crippen MR) is 64.0 cm³/mol. The summed E-state index contributed by atoms with van der Waals surface area (Å²) in [5.74, 6) is 0.847. The van der Waals surface area contributed by atoms with Gasteiger partial charge in [0.15, 0.2) is 0 Å². The number of hydrogen-bond donors (Lipinski definition) is 1. The lowest BCUT2D eigenvalue weighted by Crippen LogP contribution is -2.04. The molecule has 0 aliphatic carbocycles. The van der Waals surface area contributed by atoms with E-state index in [0.29, 0.717) is 0 Å². The zero-order chi connectivity index (χ0) is 11.7. The maximum atomic E-state index is 5.87. The molecule has 2 N–H and O–H groups in total. The first-order valence-corrected chi connectivity index (χ1v) is 5.38. The van der Waals surface area contributed by atoms with Crippen molar-refractivity contribution in [1.82, 2.24) is 5.16 Å². The largest absolute Gasteiger partial charge is 0.361 e. The van der Waals surface area contributed by atoms with Crippen LogP contribution in [0.1, 0.15) is 30.0 Å². The fourth-order valence-electron chi connectivity index (χ4n) is 1.87. The van der Waals surface area contributed by atoms with Gasteiger partial charge < -0.3 is 10.3 Å². The average Bonchev–Trinajstić information content (AvgIpc) is 2.59. The quantitative estimate of drug-likeness (QED) is 0.839. The molecule has 1 aromatic heterocycles.